The van der Waals surface area contributed by atoms with Gasteiger partial charge in [0.15, 0.2) is 0 Å². The van der Waals surface area contributed by atoms with Crippen LogP contribution in [0.3, 0.4) is 0 Å². The summed E-state index contributed by atoms with van der Waals surface area (Å²) in [5.74, 6) is -0.290. The molecule has 0 aromatic heterocycles. The average molecular weight is 302 g/mol. The topological polar surface area (TPSA) is 26.3 Å². The molecule has 3 rings (SSSR count). The SMILES string of the molecule is COC(=O)C(=Cc1cccc2ccccc12)Cc1ccccc1. The highest BCUT2D eigenvalue weighted by molar-refractivity contribution is 5.98. The lowest BCUT2D eigenvalue weighted by Crippen LogP contribution is -2.07. The van der Waals surface area contributed by atoms with E-state index in [0.717, 1.165) is 21.9 Å². The zero-order valence-electron chi connectivity index (χ0n) is 13.0. The maximum atomic E-state index is 12.2. The van der Waals surface area contributed by atoms with E-state index in [2.05, 4.69) is 18.2 Å². The van der Waals surface area contributed by atoms with Crippen molar-refractivity contribution in [3.8, 4) is 0 Å². The van der Waals surface area contributed by atoms with E-state index in [1.807, 2.05) is 60.7 Å². The van der Waals surface area contributed by atoms with E-state index in [-0.39, 0.29) is 5.97 Å². The van der Waals surface area contributed by atoms with E-state index < -0.39 is 0 Å². The van der Waals surface area contributed by atoms with Crippen molar-refractivity contribution >= 4 is 22.8 Å². The highest BCUT2D eigenvalue weighted by atomic mass is 16.5. The van der Waals surface area contributed by atoms with E-state index in [4.69, 9.17) is 4.74 Å². The Morgan fingerprint density at radius 1 is 0.913 bits per heavy atom. The lowest BCUT2D eigenvalue weighted by Gasteiger charge is -2.08. The van der Waals surface area contributed by atoms with Crippen molar-refractivity contribution in [2.45, 2.75) is 6.42 Å². The summed E-state index contributed by atoms with van der Waals surface area (Å²) >= 11 is 0. The van der Waals surface area contributed by atoms with Crippen LogP contribution in [0.4, 0.5) is 0 Å². The van der Waals surface area contributed by atoms with Crippen LogP contribution in [-0.2, 0) is 16.0 Å². The summed E-state index contributed by atoms with van der Waals surface area (Å²) in [4.78, 5) is 12.2. The zero-order valence-corrected chi connectivity index (χ0v) is 13.0. The van der Waals surface area contributed by atoms with Gasteiger partial charge in [-0.25, -0.2) is 4.79 Å². The van der Waals surface area contributed by atoms with Gasteiger partial charge in [0, 0.05) is 12.0 Å². The predicted octanol–water partition coefficient (Wildman–Crippen LogP) is 4.64. The Balaban J connectivity index is 2.04. The van der Waals surface area contributed by atoms with Gasteiger partial charge in [-0.3, -0.25) is 0 Å². The molecule has 0 N–H and O–H groups in total. The van der Waals surface area contributed by atoms with Crippen LogP contribution in [0, 0.1) is 0 Å². The molecule has 2 heteroatoms. The van der Waals surface area contributed by atoms with Crippen LogP contribution in [0.5, 0.6) is 0 Å². The third-order valence-electron chi connectivity index (χ3n) is 3.84. The summed E-state index contributed by atoms with van der Waals surface area (Å²) in [5, 5.41) is 2.29. The lowest BCUT2D eigenvalue weighted by atomic mass is 9.99. The predicted molar refractivity (Wildman–Crippen MR) is 94.1 cm³/mol. The first kappa shape index (κ1) is 15.0. The molecule has 0 heterocycles. The fourth-order valence-corrected chi connectivity index (χ4v) is 2.69. The molecule has 0 saturated carbocycles. The minimum Gasteiger partial charge on any atom is -0.466 e. The van der Waals surface area contributed by atoms with Crippen LogP contribution in [0.1, 0.15) is 11.1 Å². The fraction of sp³-hybridized carbons (Fsp3) is 0.0952. The molecule has 0 amide bonds. The molecule has 0 saturated heterocycles. The van der Waals surface area contributed by atoms with Crippen molar-refractivity contribution in [3.05, 3.63) is 89.5 Å². The minimum absolute atomic E-state index is 0.290. The minimum atomic E-state index is -0.290. The normalized spacial score (nSPS) is 11.4. The first-order valence-electron chi connectivity index (χ1n) is 7.58. The molecule has 114 valence electrons. The second-order valence-corrected chi connectivity index (χ2v) is 5.39. The molecular weight excluding hydrogens is 284 g/mol. The van der Waals surface area contributed by atoms with Crippen LogP contribution in [-0.4, -0.2) is 13.1 Å². The Morgan fingerprint density at radius 2 is 1.61 bits per heavy atom. The van der Waals surface area contributed by atoms with Gasteiger partial charge < -0.3 is 4.74 Å². The summed E-state index contributed by atoms with van der Waals surface area (Å²) < 4.78 is 4.96. The standard InChI is InChI=1S/C21H18O2/c1-23-21(22)19(14-16-8-3-2-4-9-16)15-18-12-7-11-17-10-5-6-13-20(17)18/h2-13,15H,14H2,1H3. The lowest BCUT2D eigenvalue weighted by molar-refractivity contribution is -0.136. The number of hydrogen-bond donors (Lipinski definition) is 0. The van der Waals surface area contributed by atoms with Gasteiger partial charge in [-0.1, -0.05) is 72.8 Å². The van der Waals surface area contributed by atoms with Crippen LogP contribution in [0.2, 0.25) is 0 Å². The summed E-state index contributed by atoms with van der Waals surface area (Å²) in [6.07, 6.45) is 2.48. The van der Waals surface area contributed by atoms with Crippen molar-refractivity contribution in [3.63, 3.8) is 0 Å². The number of hydrogen-bond acceptors (Lipinski definition) is 2. The Morgan fingerprint density at radius 3 is 2.39 bits per heavy atom. The van der Waals surface area contributed by atoms with E-state index in [9.17, 15) is 4.79 Å². The monoisotopic (exact) mass is 302 g/mol. The molecule has 0 atom stereocenters. The highest BCUT2D eigenvalue weighted by Gasteiger charge is 2.11. The van der Waals surface area contributed by atoms with E-state index in [1.54, 1.807) is 0 Å². The van der Waals surface area contributed by atoms with E-state index >= 15 is 0 Å². The fourth-order valence-electron chi connectivity index (χ4n) is 2.69. The molecule has 3 aromatic rings. The van der Waals surface area contributed by atoms with Crippen molar-refractivity contribution in [2.24, 2.45) is 0 Å². The summed E-state index contributed by atoms with van der Waals surface area (Å²) in [6.45, 7) is 0. The number of ether oxygens (including phenoxy) is 1. The Kier molecular flexibility index (Phi) is 4.53. The molecule has 0 spiro atoms. The van der Waals surface area contributed by atoms with Crippen LogP contribution in [0.25, 0.3) is 16.8 Å². The Hall–Kier alpha value is -2.87. The van der Waals surface area contributed by atoms with Crippen molar-refractivity contribution in [1.29, 1.82) is 0 Å². The molecule has 0 aliphatic carbocycles. The van der Waals surface area contributed by atoms with Gasteiger partial charge in [-0.05, 0) is 28.0 Å². The van der Waals surface area contributed by atoms with Crippen molar-refractivity contribution in [1.82, 2.24) is 0 Å². The third kappa shape index (κ3) is 3.49. The number of carbonyl (C=O) groups is 1. The van der Waals surface area contributed by atoms with Crippen molar-refractivity contribution in [2.75, 3.05) is 7.11 Å². The highest BCUT2D eigenvalue weighted by Crippen LogP contribution is 2.22. The van der Waals surface area contributed by atoms with Gasteiger partial charge in [0.05, 0.1) is 7.11 Å². The van der Waals surface area contributed by atoms with Crippen LogP contribution >= 0.6 is 0 Å². The molecule has 0 bridgehead atoms. The molecule has 0 radical (unpaired) electrons. The van der Waals surface area contributed by atoms with E-state index in [0.29, 0.717) is 12.0 Å². The van der Waals surface area contributed by atoms with Gasteiger partial charge in [-0.2, -0.15) is 0 Å². The number of esters is 1. The van der Waals surface area contributed by atoms with Gasteiger partial charge in [0.2, 0.25) is 0 Å². The van der Waals surface area contributed by atoms with Crippen molar-refractivity contribution < 1.29 is 9.53 Å². The average Bonchev–Trinajstić information content (AvgIpc) is 2.61. The second-order valence-electron chi connectivity index (χ2n) is 5.39. The van der Waals surface area contributed by atoms with Gasteiger partial charge in [-0.15, -0.1) is 0 Å². The summed E-state index contributed by atoms with van der Waals surface area (Å²) in [7, 11) is 1.42. The van der Waals surface area contributed by atoms with Crippen LogP contribution in [0.15, 0.2) is 78.4 Å². The van der Waals surface area contributed by atoms with E-state index in [1.165, 1.54) is 7.11 Å². The molecule has 0 unspecified atom stereocenters. The molecule has 2 nitrogen and oxygen atoms in total. The largest absolute Gasteiger partial charge is 0.466 e. The molecule has 0 aliphatic heterocycles. The third-order valence-corrected chi connectivity index (χ3v) is 3.84. The molecule has 3 aromatic carbocycles. The second kappa shape index (κ2) is 6.93. The number of methoxy groups -OCH3 is 1. The molecule has 0 aliphatic rings. The maximum absolute atomic E-state index is 12.2. The maximum Gasteiger partial charge on any atom is 0.334 e. The smallest absolute Gasteiger partial charge is 0.334 e. The summed E-state index contributed by atoms with van der Waals surface area (Å²) in [6, 6.07) is 24.2. The number of fused-ring (bicyclic) bond motifs is 1. The zero-order chi connectivity index (χ0) is 16.1. The molecule has 23 heavy (non-hydrogen) atoms. The Labute approximate surface area is 136 Å². The molecular formula is C21H18O2. The number of benzene rings is 3. The molecule has 0 fully saturated rings. The Bertz CT molecular complexity index is 843. The van der Waals surface area contributed by atoms with Gasteiger partial charge in [0.25, 0.3) is 0 Å². The van der Waals surface area contributed by atoms with Crippen LogP contribution < -0.4 is 0 Å². The first-order chi connectivity index (χ1) is 11.3. The van der Waals surface area contributed by atoms with Gasteiger partial charge >= 0.3 is 5.97 Å². The number of rotatable bonds is 4. The van der Waals surface area contributed by atoms with Gasteiger partial charge in [0.1, 0.15) is 0 Å². The first-order valence-corrected chi connectivity index (χ1v) is 7.58. The summed E-state index contributed by atoms with van der Waals surface area (Å²) in [5.41, 5.74) is 2.76. The quantitative estimate of drug-likeness (QED) is 0.518. The number of carbonyl (C=O) groups excluding carboxylic acids is 1.